The topological polar surface area (TPSA) is 50.1 Å². The van der Waals surface area contributed by atoms with Crippen molar-refractivity contribution in [1.82, 2.24) is 0 Å². The van der Waals surface area contributed by atoms with Gasteiger partial charge in [-0.15, -0.1) is 0 Å². The highest BCUT2D eigenvalue weighted by Crippen LogP contribution is 2.31. The number of nitriles is 1. The molecule has 2 atom stereocenters. The Morgan fingerprint density at radius 2 is 2.05 bits per heavy atom. The van der Waals surface area contributed by atoms with Crippen LogP contribution in [0.25, 0.3) is 0 Å². The van der Waals surface area contributed by atoms with Gasteiger partial charge in [0.1, 0.15) is 11.7 Å². The van der Waals surface area contributed by atoms with E-state index in [-0.39, 0.29) is 17.1 Å². The molecule has 3 heteroatoms. The summed E-state index contributed by atoms with van der Waals surface area (Å²) in [5, 5.41) is 9.32. The molecule has 0 spiro atoms. The highest BCUT2D eigenvalue weighted by molar-refractivity contribution is 5.88. The number of carbonyl (C=O) groups excluding carboxylic acids is 1. The molecule has 0 fully saturated rings. The minimum Gasteiger partial charge on any atom is -0.497 e. The summed E-state index contributed by atoms with van der Waals surface area (Å²) in [6.45, 7) is 8.38. The summed E-state index contributed by atoms with van der Waals surface area (Å²) in [4.78, 5) is 12.4. The van der Waals surface area contributed by atoms with Crippen LogP contribution in [0, 0.1) is 22.7 Å². The van der Waals surface area contributed by atoms with Crippen molar-refractivity contribution in [1.29, 1.82) is 5.26 Å². The quantitative estimate of drug-likeness (QED) is 0.816. The van der Waals surface area contributed by atoms with E-state index in [1.54, 1.807) is 31.4 Å². The molecule has 1 aromatic carbocycles. The van der Waals surface area contributed by atoms with Gasteiger partial charge in [0, 0.05) is 6.42 Å². The number of carbonyl (C=O) groups is 1. The second kappa shape index (κ2) is 6.56. The summed E-state index contributed by atoms with van der Waals surface area (Å²) < 4.78 is 5.14. The van der Waals surface area contributed by atoms with E-state index in [4.69, 9.17) is 4.74 Å². The molecule has 0 N–H and O–H groups in total. The number of hydrogen-bond acceptors (Lipinski definition) is 3. The zero-order chi connectivity index (χ0) is 15.3. The van der Waals surface area contributed by atoms with E-state index in [1.807, 2.05) is 0 Å². The number of Topliss-reactive ketones (excluding diaryl/α,β-unsaturated/α-hetero) is 1. The number of hydrogen-bond donors (Lipinski definition) is 0. The molecule has 0 saturated carbocycles. The van der Waals surface area contributed by atoms with Crippen LogP contribution in [-0.4, -0.2) is 12.9 Å². The van der Waals surface area contributed by atoms with E-state index < -0.39 is 5.92 Å². The second-order valence-corrected chi connectivity index (χ2v) is 6.28. The molecule has 0 amide bonds. The zero-order valence-electron chi connectivity index (χ0n) is 12.9. The Labute approximate surface area is 121 Å². The Hall–Kier alpha value is -1.82. The van der Waals surface area contributed by atoms with Gasteiger partial charge < -0.3 is 4.74 Å². The summed E-state index contributed by atoms with van der Waals surface area (Å²) in [6, 6.07) is 9.29. The summed E-state index contributed by atoms with van der Waals surface area (Å²) in [5.74, 6) is 0.161. The number of ketones is 1. The molecule has 0 radical (unpaired) electrons. The van der Waals surface area contributed by atoms with Crippen molar-refractivity contribution in [3.63, 3.8) is 0 Å². The third kappa shape index (κ3) is 4.09. The Kier molecular flexibility index (Phi) is 5.33. The average molecular weight is 273 g/mol. The molecule has 0 bridgehead atoms. The van der Waals surface area contributed by atoms with Gasteiger partial charge in [0.05, 0.1) is 13.2 Å². The Morgan fingerprint density at radius 3 is 2.55 bits per heavy atom. The molecular formula is C17H23NO2. The first-order valence-corrected chi connectivity index (χ1v) is 6.86. The first kappa shape index (κ1) is 16.2. The molecule has 1 aromatic rings. The van der Waals surface area contributed by atoms with Gasteiger partial charge in [0.25, 0.3) is 0 Å². The lowest BCUT2D eigenvalue weighted by Gasteiger charge is -2.27. The van der Waals surface area contributed by atoms with Crippen LogP contribution in [0.15, 0.2) is 24.3 Å². The zero-order valence-corrected chi connectivity index (χ0v) is 12.9. The standard InChI is InChI=1S/C17H23NO2/c1-12(17(2,3)4)9-16(19)15(11-18)13-7-6-8-14(10-13)20-5/h6-8,10,12,15H,9H2,1-5H3. The Morgan fingerprint density at radius 1 is 1.40 bits per heavy atom. The van der Waals surface area contributed by atoms with Crippen LogP contribution >= 0.6 is 0 Å². The first-order valence-electron chi connectivity index (χ1n) is 6.86. The van der Waals surface area contributed by atoms with Gasteiger partial charge in [0.2, 0.25) is 0 Å². The lowest BCUT2D eigenvalue weighted by molar-refractivity contribution is -0.120. The van der Waals surface area contributed by atoms with Crippen molar-refractivity contribution < 1.29 is 9.53 Å². The third-order valence-corrected chi connectivity index (χ3v) is 3.86. The van der Waals surface area contributed by atoms with Crippen LogP contribution in [0.5, 0.6) is 5.75 Å². The number of ether oxygens (including phenoxy) is 1. The fourth-order valence-electron chi connectivity index (χ4n) is 1.88. The van der Waals surface area contributed by atoms with Crippen LogP contribution in [0.4, 0.5) is 0 Å². The van der Waals surface area contributed by atoms with Crippen molar-refractivity contribution in [3.8, 4) is 11.8 Å². The van der Waals surface area contributed by atoms with Crippen molar-refractivity contribution in [2.75, 3.05) is 7.11 Å². The van der Waals surface area contributed by atoms with Gasteiger partial charge >= 0.3 is 0 Å². The molecule has 0 aliphatic heterocycles. The summed E-state index contributed by atoms with van der Waals surface area (Å²) in [5.41, 5.74) is 0.766. The molecule has 0 heterocycles. The molecular weight excluding hydrogens is 250 g/mol. The Bertz CT molecular complexity index is 508. The van der Waals surface area contributed by atoms with E-state index in [0.717, 1.165) is 0 Å². The van der Waals surface area contributed by atoms with Gasteiger partial charge in [-0.1, -0.05) is 39.8 Å². The van der Waals surface area contributed by atoms with Crippen LogP contribution in [-0.2, 0) is 4.79 Å². The van der Waals surface area contributed by atoms with Crippen LogP contribution in [0.3, 0.4) is 0 Å². The predicted molar refractivity (Wildman–Crippen MR) is 79.6 cm³/mol. The molecule has 20 heavy (non-hydrogen) atoms. The summed E-state index contributed by atoms with van der Waals surface area (Å²) in [7, 11) is 1.57. The van der Waals surface area contributed by atoms with Gasteiger partial charge in [-0.2, -0.15) is 5.26 Å². The Balaban J connectivity index is 2.91. The molecule has 0 aromatic heterocycles. The largest absolute Gasteiger partial charge is 0.497 e. The molecule has 0 saturated heterocycles. The third-order valence-electron chi connectivity index (χ3n) is 3.86. The number of methoxy groups -OCH3 is 1. The lowest BCUT2D eigenvalue weighted by Crippen LogP contribution is -2.23. The van der Waals surface area contributed by atoms with E-state index in [2.05, 4.69) is 33.8 Å². The molecule has 2 unspecified atom stereocenters. The maximum Gasteiger partial charge on any atom is 0.154 e. The minimum atomic E-state index is -0.713. The SMILES string of the molecule is COc1cccc(C(C#N)C(=O)CC(C)C(C)(C)C)c1. The van der Waals surface area contributed by atoms with Crippen molar-refractivity contribution >= 4 is 5.78 Å². The molecule has 1 rings (SSSR count). The van der Waals surface area contributed by atoms with Crippen LogP contribution in [0.1, 0.15) is 45.6 Å². The maximum absolute atomic E-state index is 12.4. The van der Waals surface area contributed by atoms with Gasteiger partial charge in [-0.05, 0) is 29.0 Å². The summed E-state index contributed by atoms with van der Waals surface area (Å²) in [6.07, 6.45) is 0.416. The highest BCUT2D eigenvalue weighted by atomic mass is 16.5. The highest BCUT2D eigenvalue weighted by Gasteiger charge is 2.27. The molecule has 0 aliphatic carbocycles. The van der Waals surface area contributed by atoms with Gasteiger partial charge in [0.15, 0.2) is 5.78 Å². The molecule has 0 aliphatic rings. The van der Waals surface area contributed by atoms with E-state index in [9.17, 15) is 10.1 Å². The average Bonchev–Trinajstić information content (AvgIpc) is 2.38. The smallest absolute Gasteiger partial charge is 0.154 e. The van der Waals surface area contributed by atoms with Gasteiger partial charge in [-0.3, -0.25) is 4.79 Å². The van der Waals surface area contributed by atoms with E-state index in [0.29, 0.717) is 17.7 Å². The van der Waals surface area contributed by atoms with Gasteiger partial charge in [-0.25, -0.2) is 0 Å². The normalized spacial score (nSPS) is 14.2. The van der Waals surface area contributed by atoms with Crippen molar-refractivity contribution in [2.45, 2.75) is 40.0 Å². The fraction of sp³-hybridized carbons (Fsp3) is 0.529. The van der Waals surface area contributed by atoms with Crippen LogP contribution in [0.2, 0.25) is 0 Å². The lowest BCUT2D eigenvalue weighted by atomic mass is 9.77. The molecule has 3 nitrogen and oxygen atoms in total. The van der Waals surface area contributed by atoms with Crippen molar-refractivity contribution in [3.05, 3.63) is 29.8 Å². The number of nitrogens with zero attached hydrogens (tertiary/aromatic N) is 1. The number of benzene rings is 1. The second-order valence-electron chi connectivity index (χ2n) is 6.28. The first-order chi connectivity index (χ1) is 9.29. The van der Waals surface area contributed by atoms with Crippen molar-refractivity contribution in [2.24, 2.45) is 11.3 Å². The summed E-state index contributed by atoms with van der Waals surface area (Å²) >= 11 is 0. The minimum absolute atomic E-state index is 0.0248. The monoisotopic (exact) mass is 273 g/mol. The fourth-order valence-corrected chi connectivity index (χ4v) is 1.88. The van der Waals surface area contributed by atoms with E-state index >= 15 is 0 Å². The maximum atomic E-state index is 12.4. The van der Waals surface area contributed by atoms with Crippen LogP contribution < -0.4 is 4.74 Å². The number of rotatable bonds is 5. The predicted octanol–water partition coefficient (Wildman–Crippen LogP) is 3.94. The molecule has 108 valence electrons. The van der Waals surface area contributed by atoms with E-state index in [1.165, 1.54) is 0 Å².